The molecule has 1 aliphatic rings. The molecule has 1 fully saturated rings. The summed E-state index contributed by atoms with van der Waals surface area (Å²) in [5.41, 5.74) is 1.33. The fourth-order valence-corrected chi connectivity index (χ4v) is 3.17. The molecule has 122 valence electrons. The van der Waals surface area contributed by atoms with Crippen LogP contribution in [0, 0.1) is 17.3 Å². The van der Waals surface area contributed by atoms with Crippen LogP contribution in [0.3, 0.4) is 0 Å². The number of carbonyl (C=O) groups is 1. The van der Waals surface area contributed by atoms with Gasteiger partial charge < -0.3 is 9.73 Å². The van der Waals surface area contributed by atoms with Gasteiger partial charge in [-0.3, -0.25) is 9.69 Å². The zero-order valence-corrected chi connectivity index (χ0v) is 14.5. The van der Waals surface area contributed by atoms with Crippen molar-refractivity contribution in [2.45, 2.75) is 33.7 Å². The summed E-state index contributed by atoms with van der Waals surface area (Å²) in [6.07, 6.45) is 3.89. The summed E-state index contributed by atoms with van der Waals surface area (Å²) in [6, 6.07) is 3.88. The van der Waals surface area contributed by atoms with Gasteiger partial charge in [-0.05, 0) is 51.4 Å². The first-order valence-corrected chi connectivity index (χ1v) is 7.87. The molecule has 22 heavy (non-hydrogen) atoms. The largest absolute Gasteiger partial charge is 0.468 e. The molecule has 4 heteroatoms. The monoisotopic (exact) mass is 304 g/mol. The van der Waals surface area contributed by atoms with E-state index in [4.69, 9.17) is 4.42 Å². The molecule has 0 bridgehead atoms. The summed E-state index contributed by atoms with van der Waals surface area (Å²) in [6.45, 7) is 9.06. The third-order valence-electron chi connectivity index (χ3n) is 4.67. The van der Waals surface area contributed by atoms with Crippen LogP contribution < -0.4 is 5.32 Å². The van der Waals surface area contributed by atoms with Gasteiger partial charge in [-0.25, -0.2) is 0 Å². The van der Waals surface area contributed by atoms with Gasteiger partial charge in [0.05, 0.1) is 18.2 Å². The molecule has 0 aliphatic heterocycles. The van der Waals surface area contributed by atoms with E-state index in [2.05, 4.69) is 44.0 Å². The van der Waals surface area contributed by atoms with Crippen LogP contribution in [0.5, 0.6) is 0 Å². The molecule has 0 radical (unpaired) electrons. The molecule has 1 saturated carbocycles. The minimum absolute atomic E-state index is 0.0552. The van der Waals surface area contributed by atoms with Gasteiger partial charge in [0.25, 0.3) is 0 Å². The smallest absolute Gasteiger partial charge is 0.224 e. The van der Waals surface area contributed by atoms with Crippen LogP contribution in [0.25, 0.3) is 0 Å². The van der Waals surface area contributed by atoms with Crippen LogP contribution >= 0.6 is 0 Å². The fourth-order valence-electron chi connectivity index (χ4n) is 3.17. The van der Waals surface area contributed by atoms with E-state index >= 15 is 0 Å². The molecule has 1 aromatic heterocycles. The third-order valence-corrected chi connectivity index (χ3v) is 4.67. The molecular weight excluding hydrogens is 276 g/mol. The van der Waals surface area contributed by atoms with Crippen LogP contribution in [0.4, 0.5) is 0 Å². The van der Waals surface area contributed by atoms with E-state index in [1.54, 1.807) is 6.26 Å². The zero-order chi connectivity index (χ0) is 16.5. The Kier molecular flexibility index (Phi) is 4.81. The van der Waals surface area contributed by atoms with Crippen molar-refractivity contribution in [2.75, 3.05) is 20.6 Å². The lowest BCUT2D eigenvalue weighted by atomic mass is 10.1. The number of hydrogen-bond acceptors (Lipinski definition) is 3. The Labute approximate surface area is 133 Å². The summed E-state index contributed by atoms with van der Waals surface area (Å²) < 4.78 is 5.48. The first-order chi connectivity index (χ1) is 10.2. The topological polar surface area (TPSA) is 45.5 Å². The lowest BCUT2D eigenvalue weighted by Gasteiger charge is -2.22. The van der Waals surface area contributed by atoms with Crippen LogP contribution in [-0.4, -0.2) is 31.4 Å². The molecule has 1 aromatic rings. The third kappa shape index (κ3) is 3.43. The van der Waals surface area contributed by atoms with Crippen LogP contribution in [0.1, 0.15) is 39.5 Å². The van der Waals surface area contributed by atoms with Gasteiger partial charge in [0.1, 0.15) is 5.76 Å². The van der Waals surface area contributed by atoms with E-state index in [-0.39, 0.29) is 23.3 Å². The quantitative estimate of drug-likeness (QED) is 0.821. The number of hydrogen-bond donors (Lipinski definition) is 1. The summed E-state index contributed by atoms with van der Waals surface area (Å²) in [5, 5.41) is 3.10. The number of rotatable bonds is 6. The molecule has 3 atom stereocenters. The minimum atomic E-state index is 0.0552. The lowest BCUT2D eigenvalue weighted by molar-refractivity contribution is -0.123. The Morgan fingerprint density at radius 2 is 2.14 bits per heavy atom. The van der Waals surface area contributed by atoms with Crippen LogP contribution in [0.2, 0.25) is 0 Å². The van der Waals surface area contributed by atoms with Crippen molar-refractivity contribution in [3.63, 3.8) is 0 Å². The fraction of sp³-hybridized carbons (Fsp3) is 0.611. The maximum absolute atomic E-state index is 12.5. The van der Waals surface area contributed by atoms with Gasteiger partial charge in [0.2, 0.25) is 5.91 Å². The van der Waals surface area contributed by atoms with Crippen molar-refractivity contribution in [1.82, 2.24) is 10.2 Å². The highest BCUT2D eigenvalue weighted by Crippen LogP contribution is 2.59. The number of amides is 1. The van der Waals surface area contributed by atoms with Crippen molar-refractivity contribution in [1.29, 1.82) is 0 Å². The summed E-state index contributed by atoms with van der Waals surface area (Å²) in [7, 11) is 3.98. The molecule has 0 aromatic carbocycles. The number of likely N-dealkylation sites (N-methyl/N-ethyl adjacent to an activating group) is 1. The molecule has 1 amide bonds. The van der Waals surface area contributed by atoms with Gasteiger partial charge in [0, 0.05) is 6.54 Å². The van der Waals surface area contributed by atoms with Crippen molar-refractivity contribution in [2.24, 2.45) is 17.3 Å². The van der Waals surface area contributed by atoms with Crippen molar-refractivity contribution in [3.8, 4) is 0 Å². The molecule has 1 heterocycles. The van der Waals surface area contributed by atoms with Crippen molar-refractivity contribution in [3.05, 3.63) is 35.8 Å². The summed E-state index contributed by atoms with van der Waals surface area (Å²) >= 11 is 0. The van der Waals surface area contributed by atoms with Gasteiger partial charge in [-0.15, -0.1) is 0 Å². The molecule has 1 N–H and O–H groups in total. The van der Waals surface area contributed by atoms with E-state index in [1.165, 1.54) is 5.57 Å². The maximum Gasteiger partial charge on any atom is 0.224 e. The number of allylic oxidation sites excluding steroid dienone is 2. The molecule has 1 aliphatic carbocycles. The highest BCUT2D eigenvalue weighted by Gasteiger charge is 2.60. The Hall–Kier alpha value is -1.55. The molecule has 3 unspecified atom stereocenters. The van der Waals surface area contributed by atoms with E-state index in [0.29, 0.717) is 12.5 Å². The van der Waals surface area contributed by atoms with Gasteiger partial charge in [-0.2, -0.15) is 0 Å². The Morgan fingerprint density at radius 3 is 2.64 bits per heavy atom. The van der Waals surface area contributed by atoms with E-state index in [0.717, 1.165) is 5.76 Å². The van der Waals surface area contributed by atoms with E-state index in [9.17, 15) is 4.79 Å². The first kappa shape index (κ1) is 16.8. The Bertz CT molecular complexity index is 539. The first-order valence-electron chi connectivity index (χ1n) is 7.87. The number of carbonyl (C=O) groups excluding carboxylic acids is 1. The molecular formula is C18H28N2O2. The Balaban J connectivity index is 1.97. The zero-order valence-electron chi connectivity index (χ0n) is 14.5. The highest BCUT2D eigenvalue weighted by atomic mass is 16.3. The van der Waals surface area contributed by atoms with Crippen LogP contribution in [-0.2, 0) is 4.79 Å². The second kappa shape index (κ2) is 6.29. The Morgan fingerprint density at radius 1 is 1.45 bits per heavy atom. The summed E-state index contributed by atoms with van der Waals surface area (Å²) in [5.74, 6) is 1.44. The van der Waals surface area contributed by atoms with Gasteiger partial charge in [0.15, 0.2) is 0 Å². The lowest BCUT2D eigenvalue weighted by Crippen LogP contribution is -2.35. The predicted molar refractivity (Wildman–Crippen MR) is 88.3 cm³/mol. The second-order valence-corrected chi connectivity index (χ2v) is 7.31. The second-order valence-electron chi connectivity index (χ2n) is 7.31. The van der Waals surface area contributed by atoms with E-state index in [1.807, 2.05) is 26.2 Å². The molecule has 0 spiro atoms. The normalized spacial score (nSPS) is 24.0. The van der Waals surface area contributed by atoms with Crippen molar-refractivity contribution >= 4 is 5.91 Å². The minimum Gasteiger partial charge on any atom is -0.468 e. The summed E-state index contributed by atoms with van der Waals surface area (Å²) in [4.78, 5) is 14.6. The maximum atomic E-state index is 12.5. The average molecular weight is 304 g/mol. The predicted octanol–water partition coefficient (Wildman–Crippen LogP) is 3.24. The molecule has 2 rings (SSSR count). The van der Waals surface area contributed by atoms with Crippen LogP contribution in [0.15, 0.2) is 34.5 Å². The highest BCUT2D eigenvalue weighted by molar-refractivity contribution is 5.83. The van der Waals surface area contributed by atoms with Crippen molar-refractivity contribution < 1.29 is 9.21 Å². The molecule has 0 saturated heterocycles. The van der Waals surface area contributed by atoms with E-state index < -0.39 is 0 Å². The standard InChI is InChI=1S/C18H28N2O2/c1-12(2)10-13-16(18(13,3)4)17(21)19-11-14(20(5)6)15-8-7-9-22-15/h7-10,13-14,16H,11H2,1-6H3,(H,19,21). The number of nitrogens with one attached hydrogen (secondary N) is 1. The number of furan rings is 1. The van der Waals surface area contributed by atoms with Gasteiger partial charge in [-0.1, -0.05) is 25.5 Å². The molecule has 4 nitrogen and oxygen atoms in total. The van der Waals surface area contributed by atoms with Gasteiger partial charge >= 0.3 is 0 Å². The average Bonchev–Trinajstić information content (AvgIpc) is 2.81. The number of nitrogens with zero attached hydrogens (tertiary/aromatic N) is 1. The SMILES string of the molecule is CC(C)=CC1C(C(=O)NCC(c2ccco2)N(C)C)C1(C)C.